The smallest absolute Gasteiger partial charge is 0.357 e. The van der Waals surface area contributed by atoms with Crippen molar-refractivity contribution in [2.24, 2.45) is 0 Å². The number of hydrogen-bond donors (Lipinski definition) is 2. The van der Waals surface area contributed by atoms with Gasteiger partial charge in [0.1, 0.15) is 12.0 Å². The van der Waals surface area contributed by atoms with E-state index in [1.165, 1.54) is 0 Å². The Hall–Kier alpha value is -2.50. The van der Waals surface area contributed by atoms with Crippen LogP contribution in [0.15, 0.2) is 34.9 Å². The number of aromatic carboxylic acids is 1. The molecule has 6 heteroatoms. The van der Waals surface area contributed by atoms with Gasteiger partial charge in [-0.25, -0.2) is 9.78 Å². The largest absolute Gasteiger partial charge is 0.497 e. The van der Waals surface area contributed by atoms with Crippen molar-refractivity contribution in [3.05, 3.63) is 42.1 Å². The van der Waals surface area contributed by atoms with Gasteiger partial charge in [-0.1, -0.05) is 6.07 Å². The molecular formula is C12H12N2O4. The van der Waals surface area contributed by atoms with E-state index in [2.05, 4.69) is 10.3 Å². The number of carboxylic acid groups (broad SMARTS) is 1. The van der Waals surface area contributed by atoms with Gasteiger partial charge in [0.25, 0.3) is 0 Å². The minimum absolute atomic E-state index is 0.0996. The number of rotatable bonds is 5. The highest BCUT2D eigenvalue weighted by atomic mass is 16.5. The number of anilines is 1. The Morgan fingerprint density at radius 3 is 3.06 bits per heavy atom. The lowest BCUT2D eigenvalue weighted by molar-refractivity contribution is 0.0690. The molecule has 0 saturated heterocycles. The second-order valence-electron chi connectivity index (χ2n) is 3.52. The Kier molecular flexibility index (Phi) is 3.47. The van der Waals surface area contributed by atoms with Gasteiger partial charge in [-0.15, -0.1) is 0 Å². The van der Waals surface area contributed by atoms with Crippen molar-refractivity contribution >= 4 is 11.7 Å². The Labute approximate surface area is 103 Å². The second kappa shape index (κ2) is 5.22. The van der Waals surface area contributed by atoms with E-state index < -0.39 is 5.97 Å². The van der Waals surface area contributed by atoms with Crippen molar-refractivity contribution in [1.29, 1.82) is 0 Å². The van der Waals surface area contributed by atoms with Crippen molar-refractivity contribution in [3.8, 4) is 5.75 Å². The zero-order chi connectivity index (χ0) is 13.0. The number of carboxylic acids is 1. The molecule has 0 amide bonds. The second-order valence-corrected chi connectivity index (χ2v) is 3.52. The van der Waals surface area contributed by atoms with Gasteiger partial charge in [0, 0.05) is 11.8 Å². The SMILES string of the molecule is COc1cccc(NCc2nc(C(=O)O)co2)c1. The molecule has 0 aliphatic carbocycles. The van der Waals surface area contributed by atoms with E-state index in [4.69, 9.17) is 14.3 Å². The molecule has 0 aliphatic rings. The molecule has 18 heavy (non-hydrogen) atoms. The number of nitrogens with one attached hydrogen (secondary N) is 1. The van der Waals surface area contributed by atoms with E-state index in [1.54, 1.807) is 7.11 Å². The molecule has 2 N–H and O–H groups in total. The molecule has 0 saturated carbocycles. The standard InChI is InChI=1S/C12H12N2O4/c1-17-9-4-2-3-8(5-9)13-6-11-14-10(7-18-11)12(15)16/h2-5,7,13H,6H2,1H3,(H,15,16). The van der Waals surface area contributed by atoms with Crippen molar-refractivity contribution in [3.63, 3.8) is 0 Å². The maximum atomic E-state index is 10.6. The third-order valence-corrected chi connectivity index (χ3v) is 2.28. The third kappa shape index (κ3) is 2.79. The Morgan fingerprint density at radius 1 is 1.56 bits per heavy atom. The summed E-state index contributed by atoms with van der Waals surface area (Å²) in [5, 5.41) is 11.8. The van der Waals surface area contributed by atoms with E-state index in [-0.39, 0.29) is 5.69 Å². The Balaban J connectivity index is 1.99. The highest BCUT2D eigenvalue weighted by Gasteiger charge is 2.09. The summed E-state index contributed by atoms with van der Waals surface area (Å²) in [7, 11) is 1.59. The molecule has 1 heterocycles. The first kappa shape index (κ1) is 12.0. The van der Waals surface area contributed by atoms with Crippen LogP contribution in [0.5, 0.6) is 5.75 Å². The van der Waals surface area contributed by atoms with Crippen LogP contribution in [-0.2, 0) is 6.54 Å². The summed E-state index contributed by atoms with van der Waals surface area (Å²) in [5.74, 6) is -0.0553. The molecule has 1 aromatic carbocycles. The van der Waals surface area contributed by atoms with Gasteiger partial charge in [0.15, 0.2) is 5.69 Å². The number of hydrogen-bond acceptors (Lipinski definition) is 5. The van der Waals surface area contributed by atoms with Crippen LogP contribution in [0.3, 0.4) is 0 Å². The molecule has 0 bridgehead atoms. The topological polar surface area (TPSA) is 84.6 Å². The van der Waals surface area contributed by atoms with Crippen LogP contribution < -0.4 is 10.1 Å². The summed E-state index contributed by atoms with van der Waals surface area (Å²) in [6, 6.07) is 7.36. The van der Waals surface area contributed by atoms with Crippen LogP contribution in [0.2, 0.25) is 0 Å². The van der Waals surface area contributed by atoms with Gasteiger partial charge in [-0.3, -0.25) is 0 Å². The maximum absolute atomic E-state index is 10.6. The van der Waals surface area contributed by atoms with Crippen molar-refractivity contribution in [1.82, 2.24) is 4.98 Å². The van der Waals surface area contributed by atoms with Crippen LogP contribution in [0.25, 0.3) is 0 Å². The van der Waals surface area contributed by atoms with Gasteiger partial charge < -0.3 is 19.6 Å². The van der Waals surface area contributed by atoms with E-state index in [1.807, 2.05) is 24.3 Å². The average Bonchev–Trinajstić information content (AvgIpc) is 2.85. The van der Waals surface area contributed by atoms with Crippen molar-refractivity contribution in [2.75, 3.05) is 12.4 Å². The van der Waals surface area contributed by atoms with Gasteiger partial charge in [0.05, 0.1) is 13.7 Å². The van der Waals surface area contributed by atoms with E-state index in [0.717, 1.165) is 17.7 Å². The monoisotopic (exact) mass is 248 g/mol. The molecule has 0 spiro atoms. The van der Waals surface area contributed by atoms with Crippen molar-refractivity contribution < 1.29 is 19.1 Å². The Morgan fingerprint density at radius 2 is 2.39 bits per heavy atom. The highest BCUT2D eigenvalue weighted by Crippen LogP contribution is 2.17. The molecule has 0 radical (unpaired) electrons. The lowest BCUT2D eigenvalue weighted by Crippen LogP contribution is -2.01. The summed E-state index contributed by atoms with van der Waals surface area (Å²) in [6.45, 7) is 0.306. The zero-order valence-electron chi connectivity index (χ0n) is 9.71. The van der Waals surface area contributed by atoms with Gasteiger partial charge in [0.2, 0.25) is 5.89 Å². The molecule has 1 aromatic heterocycles. The normalized spacial score (nSPS) is 10.1. The van der Waals surface area contributed by atoms with E-state index in [0.29, 0.717) is 12.4 Å². The first-order valence-corrected chi connectivity index (χ1v) is 5.24. The molecule has 0 aliphatic heterocycles. The Bertz CT molecular complexity index is 551. The summed E-state index contributed by atoms with van der Waals surface area (Å²) >= 11 is 0. The minimum atomic E-state index is -1.11. The van der Waals surface area contributed by atoms with E-state index in [9.17, 15) is 4.79 Å². The first-order chi connectivity index (χ1) is 8.69. The fraction of sp³-hybridized carbons (Fsp3) is 0.167. The summed E-state index contributed by atoms with van der Waals surface area (Å²) < 4.78 is 10.1. The van der Waals surface area contributed by atoms with Crippen molar-refractivity contribution in [2.45, 2.75) is 6.54 Å². The molecule has 94 valence electrons. The molecule has 2 aromatic rings. The molecule has 2 rings (SSSR count). The van der Waals surface area contributed by atoms with Crippen LogP contribution in [0, 0.1) is 0 Å². The quantitative estimate of drug-likeness (QED) is 0.841. The van der Waals surface area contributed by atoms with Crippen LogP contribution in [0.1, 0.15) is 16.4 Å². The van der Waals surface area contributed by atoms with Gasteiger partial charge in [-0.2, -0.15) is 0 Å². The number of ether oxygens (including phenoxy) is 1. The fourth-order valence-electron chi connectivity index (χ4n) is 1.40. The summed E-state index contributed by atoms with van der Waals surface area (Å²) in [5.41, 5.74) is 0.738. The predicted octanol–water partition coefficient (Wildman–Crippen LogP) is 1.99. The highest BCUT2D eigenvalue weighted by molar-refractivity contribution is 5.84. The van der Waals surface area contributed by atoms with Crippen LogP contribution in [-0.4, -0.2) is 23.2 Å². The zero-order valence-corrected chi connectivity index (χ0v) is 9.71. The van der Waals surface area contributed by atoms with Crippen LogP contribution >= 0.6 is 0 Å². The van der Waals surface area contributed by atoms with E-state index >= 15 is 0 Å². The summed E-state index contributed by atoms with van der Waals surface area (Å²) in [4.78, 5) is 14.4. The lowest BCUT2D eigenvalue weighted by atomic mass is 10.3. The number of carbonyl (C=O) groups is 1. The van der Waals surface area contributed by atoms with Gasteiger partial charge >= 0.3 is 5.97 Å². The summed E-state index contributed by atoms with van der Waals surface area (Å²) in [6.07, 6.45) is 1.12. The average molecular weight is 248 g/mol. The minimum Gasteiger partial charge on any atom is -0.497 e. The lowest BCUT2D eigenvalue weighted by Gasteiger charge is -2.05. The molecule has 6 nitrogen and oxygen atoms in total. The molecule has 0 fully saturated rings. The number of aromatic nitrogens is 1. The number of methoxy groups -OCH3 is 1. The fourth-order valence-corrected chi connectivity index (χ4v) is 1.40. The molecule has 0 atom stereocenters. The number of oxazole rings is 1. The molecular weight excluding hydrogens is 236 g/mol. The molecule has 0 unspecified atom stereocenters. The predicted molar refractivity (Wildman–Crippen MR) is 63.8 cm³/mol. The number of nitrogens with zero attached hydrogens (tertiary/aromatic N) is 1. The first-order valence-electron chi connectivity index (χ1n) is 5.24. The van der Waals surface area contributed by atoms with Crippen LogP contribution in [0.4, 0.5) is 5.69 Å². The number of benzene rings is 1. The maximum Gasteiger partial charge on any atom is 0.357 e. The third-order valence-electron chi connectivity index (χ3n) is 2.28. The van der Waals surface area contributed by atoms with Gasteiger partial charge in [-0.05, 0) is 12.1 Å².